The highest BCUT2D eigenvalue weighted by Gasteiger charge is 1.98. The summed E-state index contributed by atoms with van der Waals surface area (Å²) in [4.78, 5) is 1.21. The molecular formula is C14H15NO2S. The van der Waals surface area contributed by atoms with Crippen LogP contribution in [0.25, 0.3) is 0 Å². The molecule has 4 heteroatoms. The maximum Gasteiger partial charge on any atom is 0.118 e. The number of thioether (sulfide) groups is 1. The summed E-state index contributed by atoms with van der Waals surface area (Å²) in [5.74, 6) is 1.77. The van der Waals surface area contributed by atoms with Crippen LogP contribution >= 0.6 is 11.8 Å². The molecular weight excluding hydrogens is 246 g/mol. The van der Waals surface area contributed by atoms with Crippen LogP contribution in [0.1, 0.15) is 5.56 Å². The summed E-state index contributed by atoms with van der Waals surface area (Å²) in [5.41, 5.74) is 4.04. The molecule has 0 amide bonds. The van der Waals surface area contributed by atoms with E-state index in [1.54, 1.807) is 18.9 Å². The first-order valence-corrected chi connectivity index (χ1v) is 6.56. The fraction of sp³-hybridized carbons (Fsp3) is 0.143. The van der Waals surface area contributed by atoms with Crippen molar-refractivity contribution < 1.29 is 9.94 Å². The molecule has 0 heterocycles. The van der Waals surface area contributed by atoms with E-state index in [0.717, 1.165) is 11.5 Å². The SMILES string of the molecule is COc1ccc(SCc2ccc(NO)cc2)cc1. The van der Waals surface area contributed by atoms with E-state index in [0.29, 0.717) is 5.69 Å². The van der Waals surface area contributed by atoms with Gasteiger partial charge in [0.25, 0.3) is 0 Å². The Balaban J connectivity index is 1.93. The molecule has 2 aromatic rings. The van der Waals surface area contributed by atoms with Gasteiger partial charge in [-0.15, -0.1) is 11.8 Å². The summed E-state index contributed by atoms with van der Waals surface area (Å²) in [6, 6.07) is 15.7. The monoisotopic (exact) mass is 261 g/mol. The van der Waals surface area contributed by atoms with Gasteiger partial charge in [-0.2, -0.15) is 0 Å². The van der Waals surface area contributed by atoms with Crippen LogP contribution in [-0.4, -0.2) is 12.3 Å². The molecule has 2 rings (SSSR count). The number of benzene rings is 2. The Morgan fingerprint density at radius 3 is 2.28 bits per heavy atom. The van der Waals surface area contributed by atoms with Crippen molar-refractivity contribution in [3.63, 3.8) is 0 Å². The van der Waals surface area contributed by atoms with E-state index in [-0.39, 0.29) is 0 Å². The maximum absolute atomic E-state index is 8.72. The van der Waals surface area contributed by atoms with Crippen LogP contribution in [0.2, 0.25) is 0 Å². The molecule has 0 spiro atoms. The third-order valence-electron chi connectivity index (χ3n) is 2.55. The largest absolute Gasteiger partial charge is 0.497 e. The first kappa shape index (κ1) is 12.8. The first-order chi connectivity index (χ1) is 8.81. The van der Waals surface area contributed by atoms with E-state index < -0.39 is 0 Å². The third-order valence-corrected chi connectivity index (χ3v) is 3.63. The van der Waals surface area contributed by atoms with Gasteiger partial charge >= 0.3 is 0 Å². The second-order valence-electron chi connectivity index (χ2n) is 3.77. The van der Waals surface area contributed by atoms with Crippen LogP contribution < -0.4 is 10.2 Å². The van der Waals surface area contributed by atoms with E-state index in [9.17, 15) is 0 Å². The number of rotatable bonds is 5. The normalized spacial score (nSPS) is 10.1. The van der Waals surface area contributed by atoms with Crippen LogP contribution in [0.15, 0.2) is 53.4 Å². The van der Waals surface area contributed by atoms with Gasteiger partial charge in [0, 0.05) is 10.6 Å². The van der Waals surface area contributed by atoms with Crippen molar-refractivity contribution >= 4 is 17.4 Å². The van der Waals surface area contributed by atoms with Gasteiger partial charge in [0.05, 0.1) is 12.8 Å². The lowest BCUT2D eigenvalue weighted by Crippen LogP contribution is -1.89. The van der Waals surface area contributed by atoms with Crippen molar-refractivity contribution in [2.24, 2.45) is 0 Å². The van der Waals surface area contributed by atoms with Gasteiger partial charge in [0.1, 0.15) is 5.75 Å². The second kappa shape index (κ2) is 6.33. The quantitative estimate of drug-likeness (QED) is 0.634. The van der Waals surface area contributed by atoms with Gasteiger partial charge in [-0.25, -0.2) is 0 Å². The molecule has 0 aromatic heterocycles. The fourth-order valence-corrected chi connectivity index (χ4v) is 2.37. The number of methoxy groups -OCH3 is 1. The minimum atomic E-state index is 0.702. The predicted octanol–water partition coefficient (Wildman–Crippen LogP) is 3.79. The molecule has 0 bridgehead atoms. The molecule has 2 N–H and O–H groups in total. The number of hydrogen-bond donors (Lipinski definition) is 2. The van der Waals surface area contributed by atoms with E-state index >= 15 is 0 Å². The molecule has 0 unspecified atom stereocenters. The summed E-state index contributed by atoms with van der Waals surface area (Å²) >= 11 is 1.77. The van der Waals surface area contributed by atoms with Crippen molar-refractivity contribution in [2.45, 2.75) is 10.6 Å². The highest BCUT2D eigenvalue weighted by atomic mass is 32.2. The van der Waals surface area contributed by atoms with E-state index in [1.807, 2.05) is 48.5 Å². The first-order valence-electron chi connectivity index (χ1n) is 5.58. The number of anilines is 1. The lowest BCUT2D eigenvalue weighted by Gasteiger charge is -2.04. The fourth-order valence-electron chi connectivity index (χ4n) is 1.51. The van der Waals surface area contributed by atoms with E-state index in [1.165, 1.54) is 10.5 Å². The third kappa shape index (κ3) is 3.42. The molecule has 0 radical (unpaired) electrons. The van der Waals surface area contributed by atoms with Gasteiger partial charge in [0.2, 0.25) is 0 Å². The standard InChI is InChI=1S/C14H15NO2S/c1-17-13-6-8-14(9-7-13)18-10-11-2-4-12(15-16)5-3-11/h2-9,15-16H,10H2,1H3. The van der Waals surface area contributed by atoms with Crippen molar-refractivity contribution in [2.75, 3.05) is 12.6 Å². The molecule has 2 aromatic carbocycles. The van der Waals surface area contributed by atoms with Crippen molar-refractivity contribution in [3.05, 3.63) is 54.1 Å². The zero-order valence-corrected chi connectivity index (χ0v) is 10.9. The van der Waals surface area contributed by atoms with Gasteiger partial charge in [-0.1, -0.05) is 12.1 Å². The average molecular weight is 261 g/mol. The lowest BCUT2D eigenvalue weighted by molar-refractivity contribution is 0.389. The molecule has 0 fully saturated rings. The van der Waals surface area contributed by atoms with Gasteiger partial charge < -0.3 is 4.74 Å². The van der Waals surface area contributed by atoms with Crippen molar-refractivity contribution in [1.29, 1.82) is 0 Å². The van der Waals surface area contributed by atoms with Crippen LogP contribution in [0.5, 0.6) is 5.75 Å². The summed E-state index contributed by atoms with van der Waals surface area (Å²) in [7, 11) is 1.67. The summed E-state index contributed by atoms with van der Waals surface area (Å²) in [6.45, 7) is 0. The minimum absolute atomic E-state index is 0.702. The molecule has 0 aliphatic rings. The van der Waals surface area contributed by atoms with Crippen LogP contribution in [0.4, 0.5) is 5.69 Å². The molecule has 0 aliphatic heterocycles. The Morgan fingerprint density at radius 1 is 1.06 bits per heavy atom. The van der Waals surface area contributed by atoms with Gasteiger partial charge in [-0.05, 0) is 42.0 Å². The molecule has 0 aliphatic carbocycles. The van der Waals surface area contributed by atoms with Crippen molar-refractivity contribution in [1.82, 2.24) is 0 Å². The molecule has 94 valence electrons. The average Bonchev–Trinajstić information content (AvgIpc) is 2.46. The Hall–Kier alpha value is -1.65. The highest BCUT2D eigenvalue weighted by molar-refractivity contribution is 7.98. The smallest absolute Gasteiger partial charge is 0.118 e. The Bertz CT molecular complexity index is 435. The molecule has 0 saturated heterocycles. The van der Waals surface area contributed by atoms with Crippen LogP contribution in [0, 0.1) is 0 Å². The minimum Gasteiger partial charge on any atom is -0.497 e. The van der Waals surface area contributed by atoms with E-state index in [4.69, 9.17) is 9.94 Å². The Morgan fingerprint density at radius 2 is 1.72 bits per heavy atom. The van der Waals surface area contributed by atoms with Gasteiger partial charge in [0.15, 0.2) is 0 Å². The Labute approximate surface area is 111 Å². The molecule has 0 saturated carbocycles. The zero-order valence-electron chi connectivity index (χ0n) is 10.1. The topological polar surface area (TPSA) is 41.5 Å². The molecule has 3 nitrogen and oxygen atoms in total. The number of nitrogens with one attached hydrogen (secondary N) is 1. The number of ether oxygens (including phenoxy) is 1. The molecule has 0 atom stereocenters. The van der Waals surface area contributed by atoms with Crippen molar-refractivity contribution in [3.8, 4) is 5.75 Å². The zero-order chi connectivity index (χ0) is 12.8. The van der Waals surface area contributed by atoms with Gasteiger partial charge in [-0.3, -0.25) is 10.7 Å². The predicted molar refractivity (Wildman–Crippen MR) is 74.4 cm³/mol. The highest BCUT2D eigenvalue weighted by Crippen LogP contribution is 2.25. The number of hydrogen-bond acceptors (Lipinski definition) is 4. The Kier molecular flexibility index (Phi) is 4.50. The second-order valence-corrected chi connectivity index (χ2v) is 4.82. The summed E-state index contributed by atoms with van der Waals surface area (Å²) in [6.07, 6.45) is 0. The summed E-state index contributed by atoms with van der Waals surface area (Å²) in [5, 5.41) is 8.72. The lowest BCUT2D eigenvalue weighted by atomic mass is 10.2. The summed E-state index contributed by atoms with van der Waals surface area (Å²) < 4.78 is 5.12. The van der Waals surface area contributed by atoms with Crippen LogP contribution in [0.3, 0.4) is 0 Å². The molecule has 18 heavy (non-hydrogen) atoms. The van der Waals surface area contributed by atoms with E-state index in [2.05, 4.69) is 5.48 Å². The maximum atomic E-state index is 8.72. The van der Waals surface area contributed by atoms with Crippen LogP contribution in [-0.2, 0) is 5.75 Å².